The molecule has 2 aromatic heterocycles. The highest BCUT2D eigenvalue weighted by Gasteiger charge is 2.27. The van der Waals surface area contributed by atoms with Crippen molar-refractivity contribution in [2.75, 3.05) is 32.1 Å². The first-order valence-electron chi connectivity index (χ1n) is 12.6. The molecule has 0 spiro atoms. The number of ether oxygens (including phenoxy) is 1. The van der Waals surface area contributed by atoms with E-state index in [2.05, 4.69) is 42.3 Å². The fraction of sp³-hybridized carbons (Fsp3) is 0.464. The zero-order valence-electron chi connectivity index (χ0n) is 20.6. The summed E-state index contributed by atoms with van der Waals surface area (Å²) in [5.74, 6) is 2.62. The van der Waals surface area contributed by atoms with Gasteiger partial charge in [0.2, 0.25) is 0 Å². The lowest BCUT2D eigenvalue weighted by Gasteiger charge is -2.33. The van der Waals surface area contributed by atoms with Gasteiger partial charge in [-0.1, -0.05) is 24.6 Å². The van der Waals surface area contributed by atoms with Crippen molar-refractivity contribution in [2.45, 2.75) is 58.4 Å². The van der Waals surface area contributed by atoms with Crippen LogP contribution in [0, 0.1) is 6.92 Å². The Labute approximate surface area is 202 Å². The number of hydrogen-bond acceptors (Lipinski definition) is 6. The van der Waals surface area contributed by atoms with Crippen LogP contribution in [0.2, 0.25) is 0 Å². The van der Waals surface area contributed by atoms with Crippen LogP contribution in [0.15, 0.2) is 36.5 Å². The molecule has 1 aliphatic carbocycles. The molecule has 34 heavy (non-hydrogen) atoms. The van der Waals surface area contributed by atoms with Gasteiger partial charge < -0.3 is 15.0 Å². The molecule has 178 valence electrons. The van der Waals surface area contributed by atoms with E-state index in [0.29, 0.717) is 12.5 Å². The number of rotatable bonds is 8. The summed E-state index contributed by atoms with van der Waals surface area (Å²) >= 11 is 0. The molecule has 1 N–H and O–H groups in total. The van der Waals surface area contributed by atoms with Gasteiger partial charge in [0.05, 0.1) is 24.1 Å². The van der Waals surface area contributed by atoms with Crippen molar-refractivity contribution in [3.8, 4) is 17.0 Å². The van der Waals surface area contributed by atoms with E-state index >= 15 is 0 Å². The maximum Gasteiger partial charge on any atom is 0.139 e. The van der Waals surface area contributed by atoms with Crippen LogP contribution in [0.5, 0.6) is 5.75 Å². The zero-order chi connectivity index (χ0) is 23.5. The van der Waals surface area contributed by atoms with Crippen LogP contribution in [-0.4, -0.2) is 52.6 Å². The normalized spacial score (nSPS) is 17.3. The fourth-order valence-corrected chi connectivity index (χ4v) is 5.26. The minimum absolute atomic E-state index is 0.674. The highest BCUT2D eigenvalue weighted by atomic mass is 16.5. The summed E-state index contributed by atoms with van der Waals surface area (Å²) < 4.78 is 5.40. The quantitative estimate of drug-likeness (QED) is 0.375. The number of aromatic nitrogens is 3. The van der Waals surface area contributed by atoms with Gasteiger partial charge in [0.25, 0.3) is 0 Å². The molecule has 1 fully saturated rings. The van der Waals surface area contributed by atoms with Crippen LogP contribution in [0.25, 0.3) is 11.3 Å². The third-order valence-corrected chi connectivity index (χ3v) is 7.08. The van der Waals surface area contributed by atoms with Crippen LogP contribution in [-0.2, 0) is 12.8 Å². The summed E-state index contributed by atoms with van der Waals surface area (Å²) in [6.45, 7) is 7.71. The van der Waals surface area contributed by atoms with Gasteiger partial charge in [0.1, 0.15) is 17.4 Å². The summed E-state index contributed by atoms with van der Waals surface area (Å²) in [4.78, 5) is 17.4. The molecule has 0 saturated carbocycles. The first-order valence-corrected chi connectivity index (χ1v) is 12.6. The maximum absolute atomic E-state index is 5.40. The Hall–Kier alpha value is -2.99. The Morgan fingerprint density at radius 2 is 2.09 bits per heavy atom. The molecule has 0 radical (unpaired) electrons. The number of anilines is 1. The molecule has 0 bridgehead atoms. The van der Waals surface area contributed by atoms with Gasteiger partial charge in [-0.05, 0) is 68.5 Å². The number of nitrogens with zero attached hydrogens (tertiary/aromatic N) is 4. The molecule has 5 rings (SSSR count). The van der Waals surface area contributed by atoms with Gasteiger partial charge in [-0.3, -0.25) is 4.98 Å². The third-order valence-electron chi connectivity index (χ3n) is 7.08. The molecular weight excluding hydrogens is 422 g/mol. The van der Waals surface area contributed by atoms with E-state index in [0.717, 1.165) is 65.8 Å². The first kappa shape index (κ1) is 22.8. The van der Waals surface area contributed by atoms with Gasteiger partial charge in [-0.2, -0.15) is 0 Å². The van der Waals surface area contributed by atoms with E-state index in [1.54, 1.807) is 7.11 Å². The molecule has 1 saturated heterocycles. The second kappa shape index (κ2) is 10.1. The number of pyridine rings is 1. The predicted octanol–water partition coefficient (Wildman–Crippen LogP) is 5.03. The van der Waals surface area contributed by atoms with Crippen molar-refractivity contribution in [1.82, 2.24) is 19.9 Å². The predicted molar refractivity (Wildman–Crippen MR) is 137 cm³/mol. The van der Waals surface area contributed by atoms with Crippen LogP contribution in [0.3, 0.4) is 0 Å². The number of likely N-dealkylation sites (tertiary alicyclic amines) is 1. The topological polar surface area (TPSA) is 63.2 Å². The highest BCUT2D eigenvalue weighted by Crippen LogP contribution is 2.39. The molecule has 6 nitrogen and oxygen atoms in total. The second-order valence-corrected chi connectivity index (χ2v) is 9.70. The van der Waals surface area contributed by atoms with Crippen molar-refractivity contribution < 1.29 is 4.74 Å². The summed E-state index contributed by atoms with van der Waals surface area (Å²) in [7, 11) is 1.70. The fourth-order valence-electron chi connectivity index (χ4n) is 5.26. The van der Waals surface area contributed by atoms with Crippen molar-refractivity contribution in [2.24, 2.45) is 0 Å². The molecule has 3 heterocycles. The summed E-state index contributed by atoms with van der Waals surface area (Å²) in [6, 6.07) is 11.1. The highest BCUT2D eigenvalue weighted by molar-refractivity contribution is 5.81. The second-order valence-electron chi connectivity index (χ2n) is 9.70. The molecule has 1 unspecified atom stereocenters. The smallest absolute Gasteiger partial charge is 0.139 e. The average molecular weight is 458 g/mol. The van der Waals surface area contributed by atoms with Gasteiger partial charge in [0, 0.05) is 38.2 Å². The number of aryl methyl sites for hydroxylation is 1. The van der Waals surface area contributed by atoms with Crippen molar-refractivity contribution in [3.63, 3.8) is 0 Å². The summed E-state index contributed by atoms with van der Waals surface area (Å²) in [5.41, 5.74) is 6.76. The number of fused-ring (bicyclic) bond motifs is 3. The molecule has 1 aliphatic heterocycles. The number of piperidine rings is 1. The van der Waals surface area contributed by atoms with E-state index in [1.807, 2.05) is 18.3 Å². The Kier molecular flexibility index (Phi) is 6.77. The van der Waals surface area contributed by atoms with E-state index < -0.39 is 0 Å². The zero-order valence-corrected chi connectivity index (χ0v) is 20.6. The Bertz CT molecular complexity index is 1160. The largest absolute Gasteiger partial charge is 0.497 e. The third kappa shape index (κ3) is 4.92. The molecule has 0 amide bonds. The van der Waals surface area contributed by atoms with E-state index in [1.165, 1.54) is 36.9 Å². The summed E-state index contributed by atoms with van der Waals surface area (Å²) in [5, 5.41) is 3.66. The number of nitrogens with one attached hydrogen (secondary N) is 1. The molecule has 6 heteroatoms. The van der Waals surface area contributed by atoms with E-state index in [9.17, 15) is 0 Å². The van der Waals surface area contributed by atoms with Crippen LogP contribution >= 0.6 is 0 Å². The standard InChI is InChI=1S/C28H35N5O/c1-19-14-22-17-24-26(27(22)30-18-19)28(29-11-7-13-33-12-5-4-8-20(33)2)32-25(31-24)16-21-9-6-10-23(15-21)34-3/h6,9-10,14-15,18,20H,4-5,7-8,11-13,16-17H2,1-3H3,(H,29,31,32). The molecule has 1 atom stereocenters. The Balaban J connectivity index is 1.37. The molecule has 3 aromatic rings. The number of methoxy groups -OCH3 is 1. The van der Waals surface area contributed by atoms with Gasteiger partial charge in [-0.15, -0.1) is 0 Å². The summed E-state index contributed by atoms with van der Waals surface area (Å²) in [6.07, 6.45) is 8.54. The van der Waals surface area contributed by atoms with Crippen LogP contribution < -0.4 is 10.1 Å². The van der Waals surface area contributed by atoms with Gasteiger partial charge in [0.15, 0.2) is 0 Å². The molecular formula is C28H35N5O. The average Bonchev–Trinajstić information content (AvgIpc) is 3.20. The Morgan fingerprint density at radius 1 is 1.18 bits per heavy atom. The van der Waals surface area contributed by atoms with Crippen LogP contribution in [0.4, 0.5) is 5.82 Å². The van der Waals surface area contributed by atoms with Crippen molar-refractivity contribution in [3.05, 3.63) is 64.7 Å². The monoisotopic (exact) mass is 457 g/mol. The van der Waals surface area contributed by atoms with Crippen molar-refractivity contribution >= 4 is 5.82 Å². The first-order chi connectivity index (χ1) is 16.6. The SMILES string of the molecule is COc1cccc(Cc2nc3c(c(NCCCN4CCCCC4C)n2)-c2ncc(C)cc2C3)c1. The van der Waals surface area contributed by atoms with Crippen LogP contribution in [0.1, 0.15) is 60.8 Å². The Morgan fingerprint density at radius 3 is 2.94 bits per heavy atom. The van der Waals surface area contributed by atoms with E-state index in [-0.39, 0.29) is 0 Å². The lowest BCUT2D eigenvalue weighted by Crippen LogP contribution is -2.38. The van der Waals surface area contributed by atoms with E-state index in [4.69, 9.17) is 19.7 Å². The van der Waals surface area contributed by atoms with Crippen molar-refractivity contribution in [1.29, 1.82) is 0 Å². The minimum Gasteiger partial charge on any atom is -0.497 e. The molecule has 1 aromatic carbocycles. The number of benzene rings is 1. The minimum atomic E-state index is 0.674. The molecule has 2 aliphatic rings. The lowest BCUT2D eigenvalue weighted by atomic mass is 10.0. The maximum atomic E-state index is 5.40. The lowest BCUT2D eigenvalue weighted by molar-refractivity contribution is 0.160. The number of hydrogen-bond donors (Lipinski definition) is 1. The van der Waals surface area contributed by atoms with Gasteiger partial charge >= 0.3 is 0 Å². The van der Waals surface area contributed by atoms with Gasteiger partial charge in [-0.25, -0.2) is 9.97 Å².